The summed E-state index contributed by atoms with van der Waals surface area (Å²) in [5.74, 6) is -0.503. The Balaban J connectivity index is 1.83. The molecule has 0 aliphatic rings. The predicted octanol–water partition coefficient (Wildman–Crippen LogP) is 2.74. The third kappa shape index (κ3) is 3.46. The number of anilines is 1. The summed E-state index contributed by atoms with van der Waals surface area (Å²) in [6, 6.07) is 15.0. The molecule has 0 unspecified atom stereocenters. The molecule has 4 rings (SSSR count). The lowest BCUT2D eigenvalue weighted by Gasteiger charge is -2.11. The van der Waals surface area contributed by atoms with Gasteiger partial charge >= 0.3 is 0 Å². The van der Waals surface area contributed by atoms with E-state index in [0.717, 1.165) is 16.8 Å². The van der Waals surface area contributed by atoms with Crippen LogP contribution in [-0.4, -0.2) is 26.8 Å². The first-order chi connectivity index (χ1) is 14.5. The third-order valence-corrected chi connectivity index (χ3v) is 4.86. The standard InChI is InChI=1S/C22H20N6O2/c1-12-17(18-14(19(23)29)8-5-9-16(18)27-12)22-26-11-15(20(24)30)21(28-22)25-10-13-6-3-2-4-7-13/h2-9,11,27H,10H2,1H3,(H2,23,29)(H2,24,30)(H,25,26,28). The number of hydrogen-bond acceptors (Lipinski definition) is 5. The second-order valence-electron chi connectivity index (χ2n) is 6.88. The van der Waals surface area contributed by atoms with E-state index in [1.54, 1.807) is 12.1 Å². The normalized spacial score (nSPS) is 10.8. The molecule has 8 heteroatoms. The molecule has 0 bridgehead atoms. The zero-order valence-corrected chi connectivity index (χ0v) is 16.3. The maximum Gasteiger partial charge on any atom is 0.254 e. The smallest absolute Gasteiger partial charge is 0.254 e. The van der Waals surface area contributed by atoms with Crippen molar-refractivity contribution in [3.8, 4) is 11.4 Å². The summed E-state index contributed by atoms with van der Waals surface area (Å²) in [5, 5.41) is 3.81. The van der Waals surface area contributed by atoms with E-state index in [0.29, 0.717) is 34.7 Å². The minimum absolute atomic E-state index is 0.183. The summed E-state index contributed by atoms with van der Waals surface area (Å²) >= 11 is 0. The fourth-order valence-corrected chi connectivity index (χ4v) is 3.46. The molecule has 30 heavy (non-hydrogen) atoms. The SMILES string of the molecule is Cc1[nH]c2cccc(C(N)=O)c2c1-c1ncc(C(N)=O)c(NCc2ccccc2)n1. The van der Waals surface area contributed by atoms with Crippen molar-refractivity contribution in [1.82, 2.24) is 15.0 Å². The van der Waals surface area contributed by atoms with Gasteiger partial charge in [-0.05, 0) is 24.6 Å². The molecule has 0 spiro atoms. The summed E-state index contributed by atoms with van der Waals surface area (Å²) in [6.07, 6.45) is 1.39. The number of hydrogen-bond donors (Lipinski definition) is 4. The van der Waals surface area contributed by atoms with E-state index in [1.807, 2.05) is 43.3 Å². The molecule has 2 aromatic heterocycles. The first-order valence-electron chi connectivity index (χ1n) is 9.32. The van der Waals surface area contributed by atoms with Crippen LogP contribution in [0.2, 0.25) is 0 Å². The molecule has 0 saturated heterocycles. The van der Waals surface area contributed by atoms with Crippen molar-refractivity contribution < 1.29 is 9.59 Å². The minimum atomic E-state index is -0.634. The van der Waals surface area contributed by atoms with Gasteiger partial charge in [0.25, 0.3) is 5.91 Å². The van der Waals surface area contributed by atoms with Crippen molar-refractivity contribution in [3.05, 3.63) is 77.1 Å². The number of benzene rings is 2. The Labute approximate surface area is 172 Å². The van der Waals surface area contributed by atoms with Gasteiger partial charge in [0.15, 0.2) is 5.82 Å². The van der Waals surface area contributed by atoms with Crippen molar-refractivity contribution in [2.45, 2.75) is 13.5 Å². The van der Waals surface area contributed by atoms with Gasteiger partial charge in [0.2, 0.25) is 5.91 Å². The maximum atomic E-state index is 12.0. The van der Waals surface area contributed by atoms with Gasteiger partial charge in [-0.2, -0.15) is 0 Å². The topological polar surface area (TPSA) is 140 Å². The molecule has 0 fully saturated rings. The monoisotopic (exact) mass is 400 g/mol. The van der Waals surface area contributed by atoms with Crippen LogP contribution >= 0.6 is 0 Å². The Morgan fingerprint density at radius 2 is 1.73 bits per heavy atom. The molecule has 2 aromatic carbocycles. The van der Waals surface area contributed by atoms with E-state index in [1.165, 1.54) is 6.20 Å². The van der Waals surface area contributed by atoms with Gasteiger partial charge in [-0.1, -0.05) is 36.4 Å². The third-order valence-electron chi connectivity index (χ3n) is 4.86. The van der Waals surface area contributed by atoms with Gasteiger partial charge < -0.3 is 21.8 Å². The highest BCUT2D eigenvalue weighted by molar-refractivity contribution is 6.11. The fraction of sp³-hybridized carbons (Fsp3) is 0.0909. The minimum Gasteiger partial charge on any atom is -0.366 e. The van der Waals surface area contributed by atoms with Crippen molar-refractivity contribution in [2.24, 2.45) is 11.5 Å². The van der Waals surface area contributed by atoms with E-state index in [4.69, 9.17) is 11.5 Å². The number of carbonyl (C=O) groups excluding carboxylic acids is 2. The zero-order chi connectivity index (χ0) is 21.3. The Morgan fingerprint density at radius 1 is 1.00 bits per heavy atom. The van der Waals surface area contributed by atoms with Gasteiger partial charge in [0.1, 0.15) is 5.82 Å². The van der Waals surface area contributed by atoms with Crippen LogP contribution < -0.4 is 16.8 Å². The Bertz CT molecular complexity index is 1260. The van der Waals surface area contributed by atoms with Crippen LogP contribution in [-0.2, 0) is 6.54 Å². The highest BCUT2D eigenvalue weighted by Crippen LogP contribution is 2.33. The molecule has 6 N–H and O–H groups in total. The molecule has 0 aliphatic heterocycles. The number of amides is 2. The number of aromatic amines is 1. The van der Waals surface area contributed by atoms with E-state index < -0.39 is 11.8 Å². The second kappa shape index (κ2) is 7.67. The van der Waals surface area contributed by atoms with Gasteiger partial charge in [0.05, 0.1) is 5.56 Å². The van der Waals surface area contributed by atoms with Crippen LogP contribution in [0.4, 0.5) is 5.82 Å². The summed E-state index contributed by atoms with van der Waals surface area (Å²) < 4.78 is 0. The van der Waals surface area contributed by atoms with Gasteiger partial charge in [-0.15, -0.1) is 0 Å². The van der Waals surface area contributed by atoms with Crippen LogP contribution in [0.25, 0.3) is 22.3 Å². The molecular weight excluding hydrogens is 380 g/mol. The van der Waals surface area contributed by atoms with Crippen LogP contribution in [0.3, 0.4) is 0 Å². The Kier molecular flexibility index (Phi) is 4.89. The van der Waals surface area contributed by atoms with Crippen LogP contribution in [0.15, 0.2) is 54.7 Å². The lowest BCUT2D eigenvalue weighted by molar-refractivity contribution is 0.0992. The number of H-pyrrole nitrogens is 1. The number of aryl methyl sites for hydroxylation is 1. The second-order valence-corrected chi connectivity index (χ2v) is 6.88. The van der Waals surface area contributed by atoms with E-state index in [2.05, 4.69) is 20.3 Å². The van der Waals surface area contributed by atoms with Crippen LogP contribution in [0.1, 0.15) is 32.0 Å². The van der Waals surface area contributed by atoms with Crippen LogP contribution in [0.5, 0.6) is 0 Å². The molecular formula is C22H20N6O2. The molecule has 0 radical (unpaired) electrons. The largest absolute Gasteiger partial charge is 0.366 e. The number of primary amides is 2. The number of fused-ring (bicyclic) bond motifs is 1. The zero-order valence-electron chi connectivity index (χ0n) is 16.3. The van der Waals surface area contributed by atoms with Crippen molar-refractivity contribution in [3.63, 3.8) is 0 Å². The molecule has 4 aromatic rings. The lowest BCUT2D eigenvalue weighted by atomic mass is 10.0. The number of carbonyl (C=O) groups is 2. The number of rotatable bonds is 6. The molecule has 8 nitrogen and oxygen atoms in total. The predicted molar refractivity (Wildman–Crippen MR) is 115 cm³/mol. The summed E-state index contributed by atoms with van der Waals surface area (Å²) in [7, 11) is 0. The maximum absolute atomic E-state index is 12.0. The molecule has 2 amide bonds. The van der Waals surface area contributed by atoms with Crippen LogP contribution in [0, 0.1) is 6.92 Å². The van der Waals surface area contributed by atoms with Crippen molar-refractivity contribution in [2.75, 3.05) is 5.32 Å². The molecule has 150 valence electrons. The van der Waals surface area contributed by atoms with Crippen molar-refractivity contribution in [1.29, 1.82) is 0 Å². The van der Waals surface area contributed by atoms with Gasteiger partial charge in [0, 0.05) is 40.5 Å². The average molecular weight is 400 g/mol. The van der Waals surface area contributed by atoms with Gasteiger partial charge in [-0.25, -0.2) is 9.97 Å². The Morgan fingerprint density at radius 3 is 2.43 bits per heavy atom. The highest BCUT2D eigenvalue weighted by atomic mass is 16.1. The van der Waals surface area contributed by atoms with E-state index in [-0.39, 0.29) is 5.56 Å². The quantitative estimate of drug-likeness (QED) is 0.394. The summed E-state index contributed by atoms with van der Waals surface area (Å²) in [6.45, 7) is 2.32. The summed E-state index contributed by atoms with van der Waals surface area (Å²) in [5.41, 5.74) is 14.8. The van der Waals surface area contributed by atoms with E-state index >= 15 is 0 Å². The lowest BCUT2D eigenvalue weighted by Crippen LogP contribution is -2.16. The van der Waals surface area contributed by atoms with E-state index in [9.17, 15) is 9.59 Å². The number of nitrogens with zero attached hydrogens (tertiary/aromatic N) is 2. The average Bonchev–Trinajstić information content (AvgIpc) is 3.08. The van der Waals surface area contributed by atoms with Gasteiger partial charge in [-0.3, -0.25) is 9.59 Å². The molecule has 0 aliphatic carbocycles. The van der Waals surface area contributed by atoms with Crippen molar-refractivity contribution >= 4 is 28.5 Å². The fourth-order valence-electron chi connectivity index (χ4n) is 3.46. The highest BCUT2D eigenvalue weighted by Gasteiger charge is 2.20. The summed E-state index contributed by atoms with van der Waals surface area (Å²) in [4.78, 5) is 36.0. The molecule has 0 atom stereocenters. The first kappa shape index (κ1) is 19.1. The molecule has 0 saturated carbocycles. The number of aromatic nitrogens is 3. The molecule has 2 heterocycles. The Hall–Kier alpha value is -4.20. The first-order valence-corrected chi connectivity index (χ1v) is 9.32. The number of nitrogens with two attached hydrogens (primary N) is 2. The number of nitrogens with one attached hydrogen (secondary N) is 2.